The van der Waals surface area contributed by atoms with Crippen molar-refractivity contribution in [2.75, 3.05) is 0 Å². The molecule has 2 aromatic rings. The van der Waals surface area contributed by atoms with Gasteiger partial charge in [-0.15, -0.1) is 0 Å². The van der Waals surface area contributed by atoms with Gasteiger partial charge in [0.2, 0.25) is 0 Å². The minimum absolute atomic E-state index is 0.783. The lowest BCUT2D eigenvalue weighted by Crippen LogP contribution is -2.17. The van der Waals surface area contributed by atoms with E-state index in [4.69, 9.17) is 4.98 Å². The summed E-state index contributed by atoms with van der Waals surface area (Å²) in [5.74, 6) is 2.03. The molecule has 0 fully saturated rings. The molecule has 0 radical (unpaired) electrons. The number of nitrogens with zero attached hydrogens (tertiary/aromatic N) is 2. The molecule has 0 aliphatic carbocycles. The number of hydrogen-bond acceptors (Lipinski definition) is 1. The molecule has 1 aromatic carbocycles. The molecule has 1 aromatic heterocycles. The summed E-state index contributed by atoms with van der Waals surface area (Å²) in [4.78, 5) is 4.72. The van der Waals surface area contributed by atoms with E-state index in [1.54, 1.807) is 0 Å². The van der Waals surface area contributed by atoms with Gasteiger partial charge in [0, 0.05) is 24.7 Å². The smallest absolute Gasteiger partial charge is 0.109 e. The van der Waals surface area contributed by atoms with Gasteiger partial charge in [0.1, 0.15) is 5.82 Å². The van der Waals surface area contributed by atoms with E-state index in [2.05, 4.69) is 42.0 Å². The highest BCUT2D eigenvalue weighted by atomic mass is 15.1. The predicted molar refractivity (Wildman–Crippen MR) is 65.1 cm³/mol. The maximum atomic E-state index is 4.72. The van der Waals surface area contributed by atoms with E-state index in [-0.39, 0.29) is 0 Å². The lowest BCUT2D eigenvalue weighted by Gasteiger charge is -2.19. The molecule has 1 aliphatic rings. The fourth-order valence-electron chi connectivity index (χ4n) is 2.36. The van der Waals surface area contributed by atoms with Crippen molar-refractivity contribution < 1.29 is 0 Å². The zero-order valence-corrected chi connectivity index (χ0v) is 9.56. The summed E-state index contributed by atoms with van der Waals surface area (Å²) in [6.07, 6.45) is 4.58. The topological polar surface area (TPSA) is 17.8 Å². The van der Waals surface area contributed by atoms with Crippen LogP contribution in [0.3, 0.4) is 0 Å². The van der Waals surface area contributed by atoms with Crippen molar-refractivity contribution in [2.24, 2.45) is 5.92 Å². The van der Waals surface area contributed by atoms with E-state index in [0.29, 0.717) is 0 Å². The molecule has 2 nitrogen and oxygen atoms in total. The molecule has 3 rings (SSSR count). The normalized spacial score (nSPS) is 19.4. The van der Waals surface area contributed by atoms with Crippen molar-refractivity contribution in [2.45, 2.75) is 26.3 Å². The number of imidazole rings is 1. The molecule has 0 saturated heterocycles. The summed E-state index contributed by atoms with van der Waals surface area (Å²) in [5.41, 5.74) is 2.33. The molecule has 1 aliphatic heterocycles. The second-order valence-electron chi connectivity index (χ2n) is 4.70. The molecule has 16 heavy (non-hydrogen) atoms. The molecule has 2 heteroatoms. The number of aryl methyl sites for hydroxylation is 1. The number of hydrogen-bond donors (Lipinski definition) is 0. The zero-order chi connectivity index (χ0) is 11.0. The van der Waals surface area contributed by atoms with Gasteiger partial charge in [-0.1, -0.05) is 37.3 Å². The molecule has 1 atom stereocenters. The Morgan fingerprint density at radius 2 is 2.06 bits per heavy atom. The van der Waals surface area contributed by atoms with Gasteiger partial charge >= 0.3 is 0 Å². The Bertz CT molecular complexity index is 485. The van der Waals surface area contributed by atoms with Crippen LogP contribution in [0.4, 0.5) is 0 Å². The van der Waals surface area contributed by atoms with Crippen LogP contribution in [0.5, 0.6) is 0 Å². The highest BCUT2D eigenvalue weighted by Gasteiger charge is 2.17. The number of rotatable bonds is 1. The largest absolute Gasteiger partial charge is 0.334 e. The molecule has 82 valence electrons. The van der Waals surface area contributed by atoms with Gasteiger partial charge in [-0.3, -0.25) is 0 Å². The second-order valence-corrected chi connectivity index (χ2v) is 4.70. The molecular weight excluding hydrogens is 196 g/mol. The highest BCUT2D eigenvalue weighted by molar-refractivity contribution is 5.58. The lowest BCUT2D eigenvalue weighted by atomic mass is 10.0. The van der Waals surface area contributed by atoms with Crippen molar-refractivity contribution in [3.63, 3.8) is 0 Å². The highest BCUT2D eigenvalue weighted by Crippen LogP contribution is 2.24. The van der Waals surface area contributed by atoms with Crippen LogP contribution in [0, 0.1) is 5.92 Å². The fraction of sp³-hybridized carbons (Fsp3) is 0.357. The molecule has 0 saturated carbocycles. The van der Waals surface area contributed by atoms with Crippen molar-refractivity contribution in [3.05, 3.63) is 42.4 Å². The molecule has 1 unspecified atom stereocenters. The zero-order valence-electron chi connectivity index (χ0n) is 9.56. The van der Waals surface area contributed by atoms with Gasteiger partial charge in [-0.05, 0) is 12.3 Å². The summed E-state index contributed by atoms with van der Waals surface area (Å²) in [7, 11) is 0. The summed E-state index contributed by atoms with van der Waals surface area (Å²) >= 11 is 0. The second kappa shape index (κ2) is 3.78. The van der Waals surface area contributed by atoms with E-state index in [1.807, 2.05) is 6.07 Å². The lowest BCUT2D eigenvalue weighted by molar-refractivity contribution is 0.394. The van der Waals surface area contributed by atoms with Gasteiger partial charge in [-0.2, -0.15) is 0 Å². The standard InChI is InChI=1S/C14H16N2/c1-11-7-8-14-15-13(10-16(14)9-11)12-5-3-2-4-6-12/h2-6,10-11H,7-9H2,1H3. The molecule has 0 amide bonds. The van der Waals surface area contributed by atoms with Crippen LogP contribution in [0.1, 0.15) is 19.2 Å². The molecule has 2 heterocycles. The van der Waals surface area contributed by atoms with Gasteiger partial charge in [0.25, 0.3) is 0 Å². The Labute approximate surface area is 95.9 Å². The summed E-state index contributed by atoms with van der Waals surface area (Å²) in [6.45, 7) is 3.43. The maximum absolute atomic E-state index is 4.72. The first-order chi connectivity index (χ1) is 7.83. The third kappa shape index (κ3) is 1.64. The summed E-state index contributed by atoms with van der Waals surface area (Å²) < 4.78 is 2.32. The minimum atomic E-state index is 0.783. The van der Waals surface area contributed by atoms with E-state index >= 15 is 0 Å². The number of benzene rings is 1. The summed E-state index contributed by atoms with van der Waals surface area (Å²) in [6, 6.07) is 10.4. The van der Waals surface area contributed by atoms with Crippen LogP contribution in [0.15, 0.2) is 36.5 Å². The van der Waals surface area contributed by atoms with E-state index < -0.39 is 0 Å². The van der Waals surface area contributed by atoms with Crippen LogP contribution in [-0.2, 0) is 13.0 Å². The first-order valence-electron chi connectivity index (χ1n) is 5.94. The van der Waals surface area contributed by atoms with Gasteiger partial charge in [-0.25, -0.2) is 4.98 Å². The third-order valence-corrected chi connectivity index (χ3v) is 3.30. The molecule has 0 spiro atoms. The van der Waals surface area contributed by atoms with Gasteiger partial charge < -0.3 is 4.57 Å². The van der Waals surface area contributed by atoms with Crippen LogP contribution >= 0.6 is 0 Å². The van der Waals surface area contributed by atoms with E-state index in [9.17, 15) is 0 Å². The Kier molecular flexibility index (Phi) is 2.28. The summed E-state index contributed by atoms with van der Waals surface area (Å²) in [5, 5.41) is 0. The Morgan fingerprint density at radius 1 is 1.25 bits per heavy atom. The van der Waals surface area contributed by atoms with E-state index in [0.717, 1.165) is 24.6 Å². The Morgan fingerprint density at radius 3 is 2.88 bits per heavy atom. The number of fused-ring (bicyclic) bond motifs is 1. The molecular formula is C14H16N2. The van der Waals surface area contributed by atoms with Crippen molar-refractivity contribution in [1.82, 2.24) is 9.55 Å². The average Bonchev–Trinajstić information content (AvgIpc) is 2.73. The van der Waals surface area contributed by atoms with Crippen LogP contribution in [0.25, 0.3) is 11.3 Å². The minimum Gasteiger partial charge on any atom is -0.334 e. The molecule has 0 bridgehead atoms. The van der Waals surface area contributed by atoms with E-state index in [1.165, 1.54) is 17.8 Å². The number of aromatic nitrogens is 2. The molecule has 0 N–H and O–H groups in total. The Hall–Kier alpha value is -1.57. The SMILES string of the molecule is CC1CCc2nc(-c3ccccc3)cn2C1. The predicted octanol–water partition coefficient (Wildman–Crippen LogP) is 3.13. The van der Waals surface area contributed by atoms with Crippen molar-refractivity contribution in [1.29, 1.82) is 0 Å². The third-order valence-electron chi connectivity index (χ3n) is 3.30. The fourth-order valence-corrected chi connectivity index (χ4v) is 2.36. The van der Waals surface area contributed by atoms with Crippen LogP contribution in [-0.4, -0.2) is 9.55 Å². The maximum Gasteiger partial charge on any atom is 0.109 e. The monoisotopic (exact) mass is 212 g/mol. The van der Waals surface area contributed by atoms with Crippen LogP contribution < -0.4 is 0 Å². The Balaban J connectivity index is 1.99. The van der Waals surface area contributed by atoms with Gasteiger partial charge in [0.15, 0.2) is 0 Å². The van der Waals surface area contributed by atoms with Crippen molar-refractivity contribution in [3.8, 4) is 11.3 Å². The van der Waals surface area contributed by atoms with Gasteiger partial charge in [0.05, 0.1) is 5.69 Å². The van der Waals surface area contributed by atoms with Crippen molar-refractivity contribution >= 4 is 0 Å². The first kappa shape index (κ1) is 9.64. The first-order valence-corrected chi connectivity index (χ1v) is 5.94. The quantitative estimate of drug-likeness (QED) is 0.710. The van der Waals surface area contributed by atoms with Crippen LogP contribution in [0.2, 0.25) is 0 Å². The average molecular weight is 212 g/mol.